The van der Waals surface area contributed by atoms with E-state index in [4.69, 9.17) is 23.2 Å². The van der Waals surface area contributed by atoms with Gasteiger partial charge in [-0.2, -0.15) is 20.4 Å². The monoisotopic (exact) mass is 1660 g/mol. The second-order valence-electron chi connectivity index (χ2n) is 34.9. The summed E-state index contributed by atoms with van der Waals surface area (Å²) in [6.07, 6.45) is 27.2. The van der Waals surface area contributed by atoms with Crippen molar-refractivity contribution in [3.05, 3.63) is 353 Å². The van der Waals surface area contributed by atoms with Gasteiger partial charge in [-0.1, -0.05) is 146 Å². The second-order valence-corrected chi connectivity index (χ2v) is 35.7. The van der Waals surface area contributed by atoms with E-state index in [0.29, 0.717) is 34.9 Å². The van der Waals surface area contributed by atoms with Gasteiger partial charge >= 0.3 is 0 Å². The minimum Gasteiger partial charge on any atom is -0.392 e. The van der Waals surface area contributed by atoms with Crippen LogP contribution in [0.3, 0.4) is 0 Å². The molecule has 8 aliphatic rings. The number of nitrogens with zero attached hydrogens (tertiary/aromatic N) is 8. The molecular formula is C100H96Cl2F6N8O4. The highest BCUT2D eigenvalue weighted by atomic mass is 35.5. The third-order valence-electron chi connectivity index (χ3n) is 27.8. The van der Waals surface area contributed by atoms with Gasteiger partial charge in [-0.15, -0.1) is 0 Å². The molecular weight excluding hydrogens is 1560 g/mol. The maximum Gasteiger partial charge on any atom is 0.129 e. The van der Waals surface area contributed by atoms with Gasteiger partial charge in [0.1, 0.15) is 34.9 Å². The van der Waals surface area contributed by atoms with E-state index < -0.39 is 29.9 Å². The van der Waals surface area contributed by atoms with Gasteiger partial charge in [0.05, 0.1) is 94.7 Å². The summed E-state index contributed by atoms with van der Waals surface area (Å²) in [5, 5.41) is 64.1. The Hall–Kier alpha value is -10.4. The molecule has 4 aromatic heterocycles. The van der Waals surface area contributed by atoms with Crippen LogP contribution < -0.4 is 0 Å². The summed E-state index contributed by atoms with van der Waals surface area (Å²) in [6.45, 7) is 8.98. The van der Waals surface area contributed by atoms with Gasteiger partial charge in [0.15, 0.2) is 0 Å². The zero-order chi connectivity index (χ0) is 83.5. The highest BCUT2D eigenvalue weighted by Crippen LogP contribution is 2.59. The fraction of sp³-hybridized carbons (Fsp3) is 0.320. The molecule has 4 fully saturated rings. The number of hydrogen-bond donors (Lipinski definition) is 4. The predicted octanol–water partition coefficient (Wildman–Crippen LogP) is 21.5. The quantitative estimate of drug-likeness (QED) is 0.0698. The number of hydrogen-bond acceptors (Lipinski definition) is 8. The SMILES string of the molecule is C[C@]12Cc3cnn(-c4ccc(F)cc4)c3C=C1CC[C@@H]2[C@@H](O)Cc1ccc(F)cc1F.C[C@]12Cc3cnn(-c4ccc(F)cc4)c3C=C1CC[C@@H]2[C@@H](O)Cc1ccccc1Cl.C[C@]12Cc3cnn(-c4ccc(F)cc4)c3C=C1CC[C@@H]2[C@H](O)Cc1ccccc1.C[C@]12Cc3cnn(-c4ccc(F)cc4)c3C=C1CC[C@@H]2[C@H](O)Cc1ccccc1Cl. The number of rotatable bonds is 16. The summed E-state index contributed by atoms with van der Waals surface area (Å²) in [5.41, 5.74) is 20.6. The summed E-state index contributed by atoms with van der Waals surface area (Å²) in [5.74, 6) is -1.75. The molecule has 20 heteroatoms. The molecule has 8 aliphatic carbocycles. The normalized spacial score (nSPS) is 23.6. The van der Waals surface area contributed by atoms with E-state index in [-0.39, 0.29) is 81.1 Å². The Morgan fingerprint density at radius 2 is 0.600 bits per heavy atom. The van der Waals surface area contributed by atoms with Crippen molar-refractivity contribution < 1.29 is 46.8 Å². The van der Waals surface area contributed by atoms with Crippen molar-refractivity contribution in [1.82, 2.24) is 39.1 Å². The van der Waals surface area contributed by atoms with E-state index >= 15 is 0 Å². The number of halogens is 8. The molecule has 12 atom stereocenters. The van der Waals surface area contributed by atoms with E-state index in [1.807, 2.05) is 110 Å². The lowest BCUT2D eigenvalue weighted by molar-refractivity contribution is 0.0558. The van der Waals surface area contributed by atoms with Crippen LogP contribution in [-0.2, 0) is 51.4 Å². The van der Waals surface area contributed by atoms with Crippen LogP contribution in [0.1, 0.15) is 146 Å². The Balaban J connectivity index is 0.000000114. The minimum absolute atomic E-state index is 0.0366. The average Bonchev–Trinajstić information content (AvgIpc) is 1.60. The van der Waals surface area contributed by atoms with Gasteiger partial charge in [-0.25, -0.2) is 45.1 Å². The molecule has 616 valence electrons. The summed E-state index contributed by atoms with van der Waals surface area (Å²) >= 11 is 12.7. The minimum atomic E-state index is -0.732. The van der Waals surface area contributed by atoms with E-state index in [2.05, 4.69) is 84.5 Å². The molecule has 20 rings (SSSR count). The van der Waals surface area contributed by atoms with Crippen molar-refractivity contribution >= 4 is 47.5 Å². The predicted molar refractivity (Wildman–Crippen MR) is 459 cm³/mol. The highest BCUT2D eigenvalue weighted by Gasteiger charge is 2.53. The molecule has 0 unspecified atom stereocenters. The van der Waals surface area contributed by atoms with E-state index in [1.165, 1.54) is 105 Å². The Bertz CT molecular complexity index is 5720. The molecule has 12 nitrogen and oxygen atoms in total. The van der Waals surface area contributed by atoms with Crippen molar-refractivity contribution in [3.63, 3.8) is 0 Å². The topological polar surface area (TPSA) is 152 Å². The number of fused-ring (bicyclic) bond motifs is 8. The molecule has 0 amide bonds. The lowest BCUT2D eigenvalue weighted by atomic mass is 9.67. The fourth-order valence-corrected chi connectivity index (χ4v) is 21.7. The summed E-state index contributed by atoms with van der Waals surface area (Å²) in [7, 11) is 0. The molecule has 0 aliphatic heterocycles. The van der Waals surface area contributed by atoms with E-state index in [1.54, 1.807) is 48.5 Å². The third-order valence-corrected chi connectivity index (χ3v) is 28.5. The summed E-state index contributed by atoms with van der Waals surface area (Å²) in [6, 6.07) is 54.8. The Labute approximate surface area is 705 Å². The molecule has 12 aromatic rings. The molecule has 0 radical (unpaired) electrons. The van der Waals surface area contributed by atoms with Gasteiger partial charge < -0.3 is 20.4 Å². The van der Waals surface area contributed by atoms with Gasteiger partial charge in [0.2, 0.25) is 0 Å². The largest absolute Gasteiger partial charge is 0.392 e. The number of benzene rings is 8. The first-order valence-electron chi connectivity index (χ1n) is 41.6. The van der Waals surface area contributed by atoms with E-state index in [9.17, 15) is 46.8 Å². The first-order chi connectivity index (χ1) is 57.8. The van der Waals surface area contributed by atoms with Crippen molar-refractivity contribution in [2.24, 2.45) is 45.3 Å². The summed E-state index contributed by atoms with van der Waals surface area (Å²) < 4.78 is 88.1. The van der Waals surface area contributed by atoms with E-state index in [0.717, 1.165) is 145 Å². The lowest BCUT2D eigenvalue weighted by Crippen LogP contribution is -2.37. The molecule has 120 heavy (non-hydrogen) atoms. The van der Waals surface area contributed by atoms with Crippen LogP contribution in [0, 0.1) is 80.2 Å². The van der Waals surface area contributed by atoms with Crippen LogP contribution in [0.15, 0.2) is 241 Å². The fourth-order valence-electron chi connectivity index (χ4n) is 21.2. The molecule has 0 bridgehead atoms. The van der Waals surface area contributed by atoms with Gasteiger partial charge in [0, 0.05) is 35.4 Å². The van der Waals surface area contributed by atoms with Crippen LogP contribution >= 0.6 is 23.2 Å². The van der Waals surface area contributed by atoms with Gasteiger partial charge in [-0.3, -0.25) is 0 Å². The zero-order valence-electron chi connectivity index (χ0n) is 67.4. The maximum absolute atomic E-state index is 14.1. The van der Waals surface area contributed by atoms with Crippen molar-refractivity contribution in [1.29, 1.82) is 0 Å². The molecule has 4 saturated carbocycles. The molecule has 4 N–H and O–H groups in total. The second kappa shape index (κ2) is 33.5. The molecule has 0 saturated heterocycles. The number of aromatic nitrogens is 8. The Kier molecular flexibility index (Phi) is 22.9. The Morgan fingerprint density at radius 1 is 0.333 bits per heavy atom. The maximum atomic E-state index is 14.1. The third kappa shape index (κ3) is 16.0. The first kappa shape index (κ1) is 81.9. The highest BCUT2D eigenvalue weighted by molar-refractivity contribution is 6.31. The summed E-state index contributed by atoms with van der Waals surface area (Å²) in [4.78, 5) is 0. The first-order valence-corrected chi connectivity index (χ1v) is 42.4. The lowest BCUT2D eigenvalue weighted by Gasteiger charge is -2.38. The molecule has 4 heterocycles. The molecule has 8 aromatic carbocycles. The van der Waals surface area contributed by atoms with Crippen LogP contribution in [0.4, 0.5) is 26.3 Å². The smallest absolute Gasteiger partial charge is 0.129 e. The van der Waals surface area contributed by atoms with Crippen LogP contribution in [-0.4, -0.2) is 84.0 Å². The number of aliphatic hydroxyl groups excluding tert-OH is 4. The van der Waals surface area contributed by atoms with Crippen molar-refractivity contribution in [2.45, 2.75) is 155 Å². The zero-order valence-corrected chi connectivity index (χ0v) is 68.9. The van der Waals surface area contributed by atoms with Crippen LogP contribution in [0.5, 0.6) is 0 Å². The van der Waals surface area contributed by atoms with Crippen molar-refractivity contribution in [3.8, 4) is 22.7 Å². The average molecular weight is 1660 g/mol. The van der Waals surface area contributed by atoms with Gasteiger partial charge in [0.25, 0.3) is 0 Å². The number of allylic oxidation sites excluding steroid dienone is 4. The van der Waals surface area contributed by atoms with Crippen LogP contribution in [0.2, 0.25) is 10.0 Å². The van der Waals surface area contributed by atoms with Gasteiger partial charge in [-0.05, 0) is 313 Å². The standard InChI is InChI=1S/2C25H24ClFN2O.C25H23F3N2O.C25H25FN2O/c2*1-25-14-17-15-28-29(20-9-7-19(27)8-10-20)23(17)13-18(25)6-11-21(25)24(30)12-16-4-2-3-5-22(16)26;1-25-13-16-14-29-30(20-7-5-18(26)6-8-20)23(16)11-17(25)3-9-21(25)24(31)10-15-2-4-19(27)12-22(15)28;1-25-15-18-16-27-28(21-10-8-20(26)9-11-21)23(18)14-19(25)7-12-22(25)24(29)13-17-5-3-2-4-6-17/h2*2-5,7-10,13,15,21,24,30H,6,11-12,14H2,1H3;2,4-8,11-12,14,21,24,31H,3,9-10,13H2,1H3;2-6,8-11,14,16,22,24,29H,7,12-13,15H2,1H3/t21-,24+,25+;21-,24-,25+;21-,24+,25+;22-,24-,25+/m1111/s1. The van der Waals surface area contributed by atoms with Crippen molar-refractivity contribution in [2.75, 3.05) is 0 Å². The molecule has 0 spiro atoms. The van der Waals surface area contributed by atoms with Crippen LogP contribution in [0.25, 0.3) is 47.1 Å². The number of aliphatic hydroxyl groups is 4. The Morgan fingerprint density at radius 3 is 0.892 bits per heavy atom.